The highest BCUT2D eigenvalue weighted by Crippen LogP contribution is 2.21. The molecular formula is C15H12ClFO3S. The van der Waals surface area contributed by atoms with E-state index in [9.17, 15) is 17.6 Å². The minimum Gasteiger partial charge on any atom is -0.293 e. The fourth-order valence-corrected chi connectivity index (χ4v) is 3.29. The number of hydrogen-bond donors (Lipinski definition) is 0. The number of hydrogen-bond acceptors (Lipinski definition) is 3. The molecule has 6 heteroatoms. The summed E-state index contributed by atoms with van der Waals surface area (Å²) in [7, 11) is -3.82. The summed E-state index contributed by atoms with van der Waals surface area (Å²) in [5.74, 6) is -1.07. The fourth-order valence-electron chi connectivity index (χ4n) is 1.82. The minimum absolute atomic E-state index is 0.0230. The van der Waals surface area contributed by atoms with E-state index in [2.05, 4.69) is 0 Å². The zero-order chi connectivity index (χ0) is 15.6. The second kappa shape index (κ2) is 5.95. The quantitative estimate of drug-likeness (QED) is 0.808. The van der Waals surface area contributed by atoms with Crippen LogP contribution in [0, 0.1) is 5.82 Å². The molecule has 0 heterocycles. The molecule has 0 saturated heterocycles. The lowest BCUT2D eigenvalue weighted by molar-refractivity contribution is 0.0991. The molecule has 0 aromatic heterocycles. The molecule has 0 N–H and O–H groups in total. The molecule has 2 aromatic carbocycles. The van der Waals surface area contributed by atoms with Crippen molar-refractivity contribution in [1.82, 2.24) is 0 Å². The Bertz CT molecular complexity index is 753. The third-order valence-electron chi connectivity index (χ3n) is 3.11. The molecule has 0 amide bonds. The summed E-state index contributed by atoms with van der Waals surface area (Å²) in [6, 6.07) is 10.4. The lowest BCUT2D eigenvalue weighted by Crippen LogP contribution is -2.27. The maximum absolute atomic E-state index is 12.8. The zero-order valence-electron chi connectivity index (χ0n) is 11.1. The summed E-state index contributed by atoms with van der Waals surface area (Å²) < 4.78 is 37.6. The first kappa shape index (κ1) is 15.7. The van der Waals surface area contributed by atoms with Crippen LogP contribution in [0.5, 0.6) is 0 Å². The second-order valence-corrected chi connectivity index (χ2v) is 7.22. The number of carbonyl (C=O) groups excluding carboxylic acids is 1. The fraction of sp³-hybridized carbons (Fsp3) is 0.133. The molecule has 3 nitrogen and oxygen atoms in total. The van der Waals surface area contributed by atoms with E-state index >= 15 is 0 Å². The Morgan fingerprint density at radius 1 is 1.05 bits per heavy atom. The lowest BCUT2D eigenvalue weighted by Gasteiger charge is -2.12. The van der Waals surface area contributed by atoms with Gasteiger partial charge in [-0.15, -0.1) is 0 Å². The molecule has 0 aliphatic carbocycles. The monoisotopic (exact) mass is 326 g/mol. The first-order valence-corrected chi connectivity index (χ1v) is 8.04. The van der Waals surface area contributed by atoms with Gasteiger partial charge in [0.05, 0.1) is 4.90 Å². The van der Waals surface area contributed by atoms with Crippen molar-refractivity contribution >= 4 is 27.2 Å². The molecule has 0 fully saturated rings. The van der Waals surface area contributed by atoms with E-state index in [0.717, 1.165) is 12.1 Å². The molecule has 1 atom stereocenters. The van der Waals surface area contributed by atoms with E-state index in [1.54, 1.807) is 0 Å². The Morgan fingerprint density at radius 2 is 1.57 bits per heavy atom. The van der Waals surface area contributed by atoms with Gasteiger partial charge >= 0.3 is 0 Å². The summed E-state index contributed by atoms with van der Waals surface area (Å²) in [6.07, 6.45) is 0. The Hall–Kier alpha value is -1.72. The smallest absolute Gasteiger partial charge is 0.188 e. The first-order valence-electron chi connectivity index (χ1n) is 6.11. The van der Waals surface area contributed by atoms with Crippen LogP contribution in [0.3, 0.4) is 0 Å². The van der Waals surface area contributed by atoms with Crippen LogP contribution in [0.25, 0.3) is 0 Å². The van der Waals surface area contributed by atoms with Gasteiger partial charge < -0.3 is 0 Å². The number of benzene rings is 2. The molecule has 1 unspecified atom stereocenters. The molecule has 0 spiro atoms. The highest BCUT2D eigenvalue weighted by atomic mass is 35.5. The summed E-state index contributed by atoms with van der Waals surface area (Å²) in [5.41, 5.74) is 0.154. The van der Waals surface area contributed by atoms with Crippen LogP contribution in [0.4, 0.5) is 4.39 Å². The molecule has 0 aliphatic heterocycles. The number of ketones is 1. The van der Waals surface area contributed by atoms with Crippen molar-refractivity contribution in [2.45, 2.75) is 17.1 Å². The summed E-state index contributed by atoms with van der Waals surface area (Å²) in [6.45, 7) is 1.32. The Balaban J connectivity index is 2.33. The van der Waals surface area contributed by atoms with Crippen LogP contribution >= 0.6 is 11.6 Å². The molecule has 110 valence electrons. The summed E-state index contributed by atoms with van der Waals surface area (Å²) >= 11 is 5.72. The van der Waals surface area contributed by atoms with Gasteiger partial charge in [-0.25, -0.2) is 12.8 Å². The largest absolute Gasteiger partial charge is 0.293 e. The van der Waals surface area contributed by atoms with Gasteiger partial charge in [0, 0.05) is 10.6 Å². The third kappa shape index (κ3) is 3.31. The van der Waals surface area contributed by atoms with Crippen molar-refractivity contribution < 1.29 is 17.6 Å². The van der Waals surface area contributed by atoms with Crippen LogP contribution in [-0.4, -0.2) is 19.5 Å². The standard InChI is InChI=1S/C15H12ClFO3S/c1-10(15(18)11-2-6-13(17)7-3-11)21(19,20)14-8-4-12(16)5-9-14/h2-10H,1H3. The van der Waals surface area contributed by atoms with Crippen LogP contribution in [0.1, 0.15) is 17.3 Å². The Labute approximate surface area is 127 Å². The number of Topliss-reactive ketones (excluding diaryl/α,β-unsaturated/α-hetero) is 1. The van der Waals surface area contributed by atoms with E-state index in [1.807, 2.05) is 0 Å². The minimum atomic E-state index is -3.82. The average molecular weight is 327 g/mol. The molecule has 21 heavy (non-hydrogen) atoms. The van der Waals surface area contributed by atoms with Crippen LogP contribution < -0.4 is 0 Å². The molecule has 2 rings (SSSR count). The first-order chi connectivity index (χ1) is 9.82. The van der Waals surface area contributed by atoms with Gasteiger partial charge in [-0.05, 0) is 55.5 Å². The van der Waals surface area contributed by atoms with Gasteiger partial charge in [-0.3, -0.25) is 4.79 Å². The number of carbonyl (C=O) groups is 1. The zero-order valence-corrected chi connectivity index (χ0v) is 12.7. The normalized spacial score (nSPS) is 12.9. The second-order valence-electron chi connectivity index (χ2n) is 4.51. The van der Waals surface area contributed by atoms with Gasteiger partial charge in [-0.1, -0.05) is 11.6 Å². The number of sulfone groups is 1. The predicted octanol–water partition coefficient (Wildman–Crippen LogP) is 3.52. The van der Waals surface area contributed by atoms with Crippen LogP contribution in [0.2, 0.25) is 5.02 Å². The van der Waals surface area contributed by atoms with Crippen LogP contribution in [-0.2, 0) is 9.84 Å². The van der Waals surface area contributed by atoms with Crippen molar-refractivity contribution in [3.05, 3.63) is 64.9 Å². The molecule has 0 aliphatic rings. The number of rotatable bonds is 4. The molecule has 0 bridgehead atoms. The maximum atomic E-state index is 12.8. The average Bonchev–Trinajstić information content (AvgIpc) is 2.47. The Morgan fingerprint density at radius 3 is 2.10 bits per heavy atom. The molecule has 0 radical (unpaired) electrons. The maximum Gasteiger partial charge on any atom is 0.188 e. The molecule has 2 aromatic rings. The SMILES string of the molecule is CC(C(=O)c1ccc(F)cc1)S(=O)(=O)c1ccc(Cl)cc1. The van der Waals surface area contributed by atoms with E-state index in [0.29, 0.717) is 5.02 Å². The van der Waals surface area contributed by atoms with Crippen molar-refractivity contribution in [3.63, 3.8) is 0 Å². The number of halogens is 2. The summed E-state index contributed by atoms with van der Waals surface area (Å²) in [5, 5.41) is -0.851. The van der Waals surface area contributed by atoms with Gasteiger partial charge in [0.25, 0.3) is 0 Å². The van der Waals surface area contributed by atoms with Gasteiger partial charge in [-0.2, -0.15) is 0 Å². The highest BCUT2D eigenvalue weighted by Gasteiger charge is 2.30. The third-order valence-corrected chi connectivity index (χ3v) is 5.43. The Kier molecular flexibility index (Phi) is 4.44. The van der Waals surface area contributed by atoms with Crippen molar-refractivity contribution in [2.75, 3.05) is 0 Å². The van der Waals surface area contributed by atoms with E-state index in [1.165, 1.54) is 43.3 Å². The molecular weight excluding hydrogens is 315 g/mol. The topological polar surface area (TPSA) is 51.2 Å². The predicted molar refractivity (Wildman–Crippen MR) is 78.8 cm³/mol. The van der Waals surface area contributed by atoms with Crippen molar-refractivity contribution in [2.24, 2.45) is 0 Å². The van der Waals surface area contributed by atoms with Gasteiger partial charge in [0.1, 0.15) is 11.1 Å². The molecule has 0 saturated carbocycles. The van der Waals surface area contributed by atoms with Gasteiger partial charge in [0.15, 0.2) is 15.6 Å². The lowest BCUT2D eigenvalue weighted by atomic mass is 10.1. The van der Waals surface area contributed by atoms with E-state index in [-0.39, 0.29) is 10.5 Å². The summed E-state index contributed by atoms with van der Waals surface area (Å²) in [4.78, 5) is 12.2. The van der Waals surface area contributed by atoms with Crippen molar-refractivity contribution in [1.29, 1.82) is 0 Å². The van der Waals surface area contributed by atoms with Gasteiger partial charge in [0.2, 0.25) is 0 Å². The van der Waals surface area contributed by atoms with E-state index in [4.69, 9.17) is 11.6 Å². The van der Waals surface area contributed by atoms with Crippen LogP contribution in [0.15, 0.2) is 53.4 Å². The van der Waals surface area contributed by atoms with E-state index < -0.39 is 26.7 Å². The highest BCUT2D eigenvalue weighted by molar-refractivity contribution is 7.92. The van der Waals surface area contributed by atoms with Crippen molar-refractivity contribution in [3.8, 4) is 0 Å².